The largest absolute Gasteiger partial charge is 0.339 e. The van der Waals surface area contributed by atoms with Crippen LogP contribution in [0.2, 0.25) is 0 Å². The quantitative estimate of drug-likeness (QED) is 0.708. The summed E-state index contributed by atoms with van der Waals surface area (Å²) < 4.78 is 2.13. The van der Waals surface area contributed by atoms with E-state index < -0.39 is 0 Å². The second-order valence-electron chi connectivity index (χ2n) is 8.12. The maximum absolute atomic E-state index is 12.5. The van der Waals surface area contributed by atoms with E-state index in [1.807, 2.05) is 38.4 Å². The number of carbonyl (C=O) groups is 1. The second-order valence-corrected chi connectivity index (χ2v) is 8.12. The number of rotatable bonds is 5. The molecule has 156 valence electrons. The maximum atomic E-state index is 12.5. The Hall–Kier alpha value is -3.12. The molecule has 1 aliphatic heterocycles. The smallest absolute Gasteiger partial charge is 0.238 e. The average Bonchev–Trinajstić information content (AvgIpc) is 3.18. The summed E-state index contributed by atoms with van der Waals surface area (Å²) in [7, 11) is 0. The van der Waals surface area contributed by atoms with Crippen molar-refractivity contribution in [2.24, 2.45) is 0 Å². The van der Waals surface area contributed by atoms with E-state index in [9.17, 15) is 4.79 Å². The minimum atomic E-state index is 0.0367. The van der Waals surface area contributed by atoms with Crippen molar-refractivity contribution in [3.8, 4) is 5.69 Å². The van der Waals surface area contributed by atoms with Gasteiger partial charge in [-0.3, -0.25) is 14.3 Å². The number of anilines is 2. The fourth-order valence-electron chi connectivity index (χ4n) is 3.99. The summed E-state index contributed by atoms with van der Waals surface area (Å²) in [5.41, 5.74) is 5.54. The first-order valence-corrected chi connectivity index (χ1v) is 10.4. The number of aromatic nitrogens is 2. The average molecular weight is 404 g/mol. The third-order valence-corrected chi connectivity index (χ3v) is 5.46. The molecule has 1 amide bonds. The molecular formula is C24H29N5O. The Morgan fingerprint density at radius 3 is 2.27 bits per heavy atom. The highest BCUT2D eigenvalue weighted by molar-refractivity contribution is 5.92. The molecule has 6 heteroatoms. The zero-order chi connectivity index (χ0) is 21.1. The highest BCUT2D eigenvalue weighted by atomic mass is 16.2. The molecule has 1 saturated heterocycles. The van der Waals surface area contributed by atoms with Crippen molar-refractivity contribution in [2.75, 3.05) is 42.9 Å². The summed E-state index contributed by atoms with van der Waals surface area (Å²) in [6, 6.07) is 14.6. The predicted octanol–water partition coefficient (Wildman–Crippen LogP) is 3.56. The van der Waals surface area contributed by atoms with Crippen molar-refractivity contribution in [2.45, 2.75) is 20.8 Å². The molecule has 0 atom stereocenters. The van der Waals surface area contributed by atoms with Gasteiger partial charge < -0.3 is 10.2 Å². The highest BCUT2D eigenvalue weighted by Crippen LogP contribution is 2.20. The number of amides is 1. The molecule has 0 unspecified atom stereocenters. The van der Waals surface area contributed by atoms with Gasteiger partial charge in [-0.05, 0) is 56.2 Å². The lowest BCUT2D eigenvalue weighted by molar-refractivity contribution is -0.117. The molecule has 0 aliphatic carbocycles. The van der Waals surface area contributed by atoms with Crippen molar-refractivity contribution >= 4 is 17.5 Å². The van der Waals surface area contributed by atoms with E-state index in [0.29, 0.717) is 6.54 Å². The van der Waals surface area contributed by atoms with Gasteiger partial charge in [-0.25, -0.2) is 4.98 Å². The molecule has 1 aromatic heterocycles. The van der Waals surface area contributed by atoms with Crippen molar-refractivity contribution in [3.05, 3.63) is 71.5 Å². The number of benzene rings is 2. The van der Waals surface area contributed by atoms with E-state index in [2.05, 4.69) is 61.9 Å². The van der Waals surface area contributed by atoms with Gasteiger partial charge in [0.2, 0.25) is 11.9 Å². The summed E-state index contributed by atoms with van der Waals surface area (Å²) in [5.74, 6) is 0.993. The van der Waals surface area contributed by atoms with Crippen LogP contribution < -0.4 is 10.2 Å². The van der Waals surface area contributed by atoms with Gasteiger partial charge in [0.25, 0.3) is 0 Å². The fourth-order valence-corrected chi connectivity index (χ4v) is 3.99. The summed E-state index contributed by atoms with van der Waals surface area (Å²) in [6.45, 7) is 9.95. The van der Waals surface area contributed by atoms with E-state index in [1.165, 1.54) is 5.56 Å². The number of nitrogens with one attached hydrogen (secondary N) is 1. The number of hydrogen-bond acceptors (Lipinski definition) is 4. The first kappa shape index (κ1) is 20.2. The standard InChI is InChI=1S/C24H29N5O/c1-18-4-6-22(7-5-18)29-9-8-25-24(29)28-12-10-27(11-13-28)17-23(30)26-21-15-19(2)14-20(3)16-21/h4-9,14-16H,10-13,17H2,1-3H3,(H,26,30). The van der Waals surface area contributed by atoms with Gasteiger partial charge in [0.15, 0.2) is 0 Å². The Bertz CT molecular complexity index is 996. The number of carbonyl (C=O) groups excluding carboxylic acids is 1. The number of nitrogens with zero attached hydrogens (tertiary/aromatic N) is 4. The number of piperazine rings is 1. The van der Waals surface area contributed by atoms with E-state index >= 15 is 0 Å². The topological polar surface area (TPSA) is 53.4 Å². The van der Waals surface area contributed by atoms with Crippen molar-refractivity contribution in [1.82, 2.24) is 14.5 Å². The molecule has 2 aromatic carbocycles. The summed E-state index contributed by atoms with van der Waals surface area (Å²) in [5, 5.41) is 3.03. The van der Waals surface area contributed by atoms with Crippen LogP contribution in [0, 0.1) is 20.8 Å². The van der Waals surface area contributed by atoms with Crippen molar-refractivity contribution < 1.29 is 4.79 Å². The van der Waals surface area contributed by atoms with Gasteiger partial charge in [-0.1, -0.05) is 23.8 Å². The van der Waals surface area contributed by atoms with E-state index in [0.717, 1.165) is 54.6 Å². The van der Waals surface area contributed by atoms with Crippen LogP contribution in [0.5, 0.6) is 0 Å². The fraction of sp³-hybridized carbons (Fsp3) is 0.333. The van der Waals surface area contributed by atoms with Gasteiger partial charge in [-0.2, -0.15) is 0 Å². The lowest BCUT2D eigenvalue weighted by atomic mass is 10.1. The van der Waals surface area contributed by atoms with E-state index in [4.69, 9.17) is 0 Å². The Kier molecular flexibility index (Phi) is 5.86. The maximum Gasteiger partial charge on any atom is 0.238 e. The molecule has 30 heavy (non-hydrogen) atoms. The summed E-state index contributed by atoms with van der Waals surface area (Å²) in [4.78, 5) is 21.6. The zero-order valence-corrected chi connectivity index (χ0v) is 17.9. The first-order valence-electron chi connectivity index (χ1n) is 10.4. The molecule has 1 fully saturated rings. The molecule has 0 spiro atoms. The van der Waals surface area contributed by atoms with E-state index in [-0.39, 0.29) is 5.91 Å². The number of hydrogen-bond donors (Lipinski definition) is 1. The molecule has 0 bridgehead atoms. The van der Waals surface area contributed by atoms with Crippen LogP contribution in [0.25, 0.3) is 5.69 Å². The SMILES string of the molecule is Cc1ccc(-n2ccnc2N2CCN(CC(=O)Nc3cc(C)cc(C)c3)CC2)cc1. The molecule has 6 nitrogen and oxygen atoms in total. The van der Waals surface area contributed by atoms with Crippen LogP contribution in [0.4, 0.5) is 11.6 Å². The molecule has 0 radical (unpaired) electrons. The molecule has 1 aliphatic rings. The normalized spacial score (nSPS) is 14.7. The first-order chi connectivity index (χ1) is 14.5. The van der Waals surface area contributed by atoms with Gasteiger partial charge >= 0.3 is 0 Å². The van der Waals surface area contributed by atoms with Crippen LogP contribution in [0.1, 0.15) is 16.7 Å². The molecule has 0 saturated carbocycles. The summed E-state index contributed by atoms with van der Waals surface area (Å²) >= 11 is 0. The third kappa shape index (κ3) is 4.71. The van der Waals surface area contributed by atoms with Crippen molar-refractivity contribution in [1.29, 1.82) is 0 Å². The van der Waals surface area contributed by atoms with Gasteiger partial charge in [0.05, 0.1) is 6.54 Å². The van der Waals surface area contributed by atoms with Gasteiger partial charge in [-0.15, -0.1) is 0 Å². The van der Waals surface area contributed by atoms with Gasteiger partial charge in [0, 0.05) is 49.9 Å². The van der Waals surface area contributed by atoms with Gasteiger partial charge in [0.1, 0.15) is 0 Å². The molecular weight excluding hydrogens is 374 g/mol. The minimum Gasteiger partial charge on any atom is -0.339 e. The Balaban J connectivity index is 1.34. The minimum absolute atomic E-state index is 0.0367. The highest BCUT2D eigenvalue weighted by Gasteiger charge is 2.22. The molecule has 3 aromatic rings. The Labute approximate surface area is 178 Å². The van der Waals surface area contributed by atoms with Crippen LogP contribution in [-0.2, 0) is 4.79 Å². The van der Waals surface area contributed by atoms with Crippen LogP contribution >= 0.6 is 0 Å². The number of imidazole rings is 1. The van der Waals surface area contributed by atoms with Crippen LogP contribution in [0.15, 0.2) is 54.9 Å². The Morgan fingerprint density at radius 2 is 1.60 bits per heavy atom. The molecule has 1 N–H and O–H groups in total. The number of aryl methyl sites for hydroxylation is 3. The van der Waals surface area contributed by atoms with Crippen LogP contribution in [-0.4, -0.2) is 53.1 Å². The Morgan fingerprint density at radius 1 is 0.933 bits per heavy atom. The molecule has 4 rings (SSSR count). The third-order valence-electron chi connectivity index (χ3n) is 5.46. The molecule has 2 heterocycles. The van der Waals surface area contributed by atoms with Crippen LogP contribution in [0.3, 0.4) is 0 Å². The zero-order valence-electron chi connectivity index (χ0n) is 17.9. The van der Waals surface area contributed by atoms with E-state index in [1.54, 1.807) is 0 Å². The lowest BCUT2D eigenvalue weighted by Gasteiger charge is -2.35. The second kappa shape index (κ2) is 8.71. The monoisotopic (exact) mass is 403 g/mol. The predicted molar refractivity (Wildman–Crippen MR) is 121 cm³/mol. The van der Waals surface area contributed by atoms with Crippen molar-refractivity contribution in [3.63, 3.8) is 0 Å². The summed E-state index contributed by atoms with van der Waals surface area (Å²) in [6.07, 6.45) is 3.85. The lowest BCUT2D eigenvalue weighted by Crippen LogP contribution is -2.49.